The van der Waals surface area contributed by atoms with Crippen molar-refractivity contribution in [2.75, 3.05) is 0 Å². The quantitative estimate of drug-likeness (QED) is 0.703. The van der Waals surface area contributed by atoms with Crippen LogP contribution < -0.4 is 0 Å². The van der Waals surface area contributed by atoms with Crippen LogP contribution in [0.2, 0.25) is 0 Å². The summed E-state index contributed by atoms with van der Waals surface area (Å²) < 4.78 is 0. The molecule has 0 amide bonds. The summed E-state index contributed by atoms with van der Waals surface area (Å²) >= 11 is 0. The van der Waals surface area contributed by atoms with Gasteiger partial charge in [0.1, 0.15) is 0 Å². The standard InChI is InChI=1S/C15H22.CH2O2/c1-11-6-7-12-13(10-11)15(4,5)9-8-14(12,2)3;2-1-3/h6-7,10H,8-9H2,1-5H3;1H,(H,2,3). The van der Waals surface area contributed by atoms with Gasteiger partial charge in [0.2, 0.25) is 0 Å². The Hall–Kier alpha value is -1.31. The molecule has 0 aliphatic heterocycles. The minimum absolute atomic E-state index is 0.250. The van der Waals surface area contributed by atoms with Crippen molar-refractivity contribution < 1.29 is 9.90 Å². The van der Waals surface area contributed by atoms with Crippen molar-refractivity contribution in [3.8, 4) is 0 Å². The normalized spacial score (nSPS) is 19.2. The lowest BCUT2D eigenvalue weighted by Gasteiger charge is -2.42. The molecule has 1 N–H and O–H groups in total. The molecule has 0 heterocycles. The number of benzene rings is 1. The topological polar surface area (TPSA) is 37.3 Å². The van der Waals surface area contributed by atoms with Gasteiger partial charge in [0.25, 0.3) is 6.47 Å². The maximum atomic E-state index is 8.36. The number of carboxylic acid groups (broad SMARTS) is 1. The van der Waals surface area contributed by atoms with E-state index in [-0.39, 0.29) is 6.47 Å². The molecule has 0 radical (unpaired) electrons. The largest absolute Gasteiger partial charge is 0.483 e. The van der Waals surface area contributed by atoms with Crippen LogP contribution in [-0.4, -0.2) is 11.6 Å². The van der Waals surface area contributed by atoms with Crippen molar-refractivity contribution >= 4 is 6.47 Å². The van der Waals surface area contributed by atoms with E-state index in [0.29, 0.717) is 10.8 Å². The second-order valence-electron chi connectivity index (χ2n) is 6.42. The van der Waals surface area contributed by atoms with Crippen molar-refractivity contribution in [3.05, 3.63) is 34.9 Å². The molecule has 1 aliphatic carbocycles. The molecule has 2 nitrogen and oxygen atoms in total. The Labute approximate surface area is 110 Å². The first-order chi connectivity index (χ1) is 8.24. The molecule has 0 aromatic heterocycles. The Balaban J connectivity index is 0.000000492. The summed E-state index contributed by atoms with van der Waals surface area (Å²) in [5.41, 5.74) is 5.23. The summed E-state index contributed by atoms with van der Waals surface area (Å²) in [6.07, 6.45) is 2.60. The summed E-state index contributed by atoms with van der Waals surface area (Å²) in [5.74, 6) is 0. The highest BCUT2D eigenvalue weighted by Crippen LogP contribution is 2.45. The summed E-state index contributed by atoms with van der Waals surface area (Å²) in [6.45, 7) is 11.4. The van der Waals surface area contributed by atoms with Gasteiger partial charge in [0.15, 0.2) is 0 Å². The highest BCUT2D eigenvalue weighted by Gasteiger charge is 2.36. The minimum atomic E-state index is -0.250. The zero-order valence-corrected chi connectivity index (χ0v) is 12.1. The lowest BCUT2D eigenvalue weighted by atomic mass is 9.63. The highest BCUT2D eigenvalue weighted by atomic mass is 16.3. The molecule has 0 atom stereocenters. The monoisotopic (exact) mass is 248 g/mol. The average Bonchev–Trinajstić information content (AvgIpc) is 2.26. The molecule has 0 saturated heterocycles. The molecule has 0 saturated carbocycles. The van der Waals surface area contributed by atoms with Gasteiger partial charge in [-0.25, -0.2) is 0 Å². The smallest absolute Gasteiger partial charge is 0.290 e. The number of aryl methyl sites for hydroxylation is 1. The third-order valence-electron chi connectivity index (χ3n) is 4.01. The molecular weight excluding hydrogens is 224 g/mol. The molecule has 0 spiro atoms. The van der Waals surface area contributed by atoms with Crippen molar-refractivity contribution in [2.24, 2.45) is 0 Å². The molecular formula is C16H24O2. The van der Waals surface area contributed by atoms with E-state index in [1.807, 2.05) is 0 Å². The Kier molecular flexibility index (Phi) is 4.20. The zero-order chi connectivity index (χ0) is 14.0. The van der Waals surface area contributed by atoms with E-state index in [0.717, 1.165) is 0 Å². The fourth-order valence-electron chi connectivity index (χ4n) is 2.70. The summed E-state index contributed by atoms with van der Waals surface area (Å²) in [6, 6.07) is 6.98. The fourth-order valence-corrected chi connectivity index (χ4v) is 2.70. The number of fused-ring (bicyclic) bond motifs is 1. The van der Waals surface area contributed by atoms with Crippen LogP contribution in [0.25, 0.3) is 0 Å². The lowest BCUT2D eigenvalue weighted by Crippen LogP contribution is -2.33. The molecule has 100 valence electrons. The Morgan fingerprint density at radius 2 is 1.50 bits per heavy atom. The van der Waals surface area contributed by atoms with E-state index in [1.54, 1.807) is 11.1 Å². The number of carbonyl (C=O) groups is 1. The molecule has 0 fully saturated rings. The van der Waals surface area contributed by atoms with Gasteiger partial charge >= 0.3 is 0 Å². The van der Waals surface area contributed by atoms with Crippen LogP contribution in [0.15, 0.2) is 18.2 Å². The average molecular weight is 248 g/mol. The molecule has 0 unspecified atom stereocenters. The SMILES string of the molecule is Cc1ccc2c(c1)C(C)(C)CCC2(C)C.O=CO. The highest BCUT2D eigenvalue weighted by molar-refractivity contribution is 5.43. The van der Waals surface area contributed by atoms with Crippen LogP contribution in [0.4, 0.5) is 0 Å². The van der Waals surface area contributed by atoms with Crippen molar-refractivity contribution in [3.63, 3.8) is 0 Å². The molecule has 2 heteroatoms. The molecule has 2 rings (SSSR count). The van der Waals surface area contributed by atoms with Gasteiger partial charge in [0.05, 0.1) is 0 Å². The minimum Gasteiger partial charge on any atom is -0.483 e. The number of hydrogen-bond donors (Lipinski definition) is 1. The van der Waals surface area contributed by atoms with E-state index in [4.69, 9.17) is 9.90 Å². The third kappa shape index (κ3) is 2.92. The van der Waals surface area contributed by atoms with Crippen LogP contribution in [0.5, 0.6) is 0 Å². The zero-order valence-electron chi connectivity index (χ0n) is 12.1. The van der Waals surface area contributed by atoms with Crippen molar-refractivity contribution in [1.29, 1.82) is 0 Å². The Morgan fingerprint density at radius 1 is 1.06 bits per heavy atom. The lowest BCUT2D eigenvalue weighted by molar-refractivity contribution is -0.122. The van der Waals surface area contributed by atoms with Gasteiger partial charge in [-0.1, -0.05) is 51.5 Å². The van der Waals surface area contributed by atoms with Gasteiger partial charge in [-0.2, -0.15) is 0 Å². The number of hydrogen-bond acceptors (Lipinski definition) is 1. The first-order valence-corrected chi connectivity index (χ1v) is 6.44. The van der Waals surface area contributed by atoms with Crippen LogP contribution in [-0.2, 0) is 15.6 Å². The second-order valence-corrected chi connectivity index (χ2v) is 6.42. The van der Waals surface area contributed by atoms with Gasteiger partial charge in [-0.05, 0) is 41.7 Å². The Morgan fingerprint density at radius 3 is 2.00 bits per heavy atom. The van der Waals surface area contributed by atoms with E-state index in [1.165, 1.54) is 18.4 Å². The van der Waals surface area contributed by atoms with Crippen LogP contribution >= 0.6 is 0 Å². The molecule has 0 bridgehead atoms. The molecule has 1 aromatic carbocycles. The van der Waals surface area contributed by atoms with Gasteiger partial charge in [-0.15, -0.1) is 0 Å². The molecule has 1 aliphatic rings. The van der Waals surface area contributed by atoms with Crippen molar-refractivity contribution in [2.45, 2.75) is 58.3 Å². The van der Waals surface area contributed by atoms with E-state index in [9.17, 15) is 0 Å². The summed E-state index contributed by atoms with van der Waals surface area (Å²) in [4.78, 5) is 8.36. The van der Waals surface area contributed by atoms with E-state index in [2.05, 4.69) is 52.8 Å². The first-order valence-electron chi connectivity index (χ1n) is 6.44. The van der Waals surface area contributed by atoms with E-state index >= 15 is 0 Å². The predicted molar refractivity (Wildman–Crippen MR) is 75.2 cm³/mol. The second kappa shape index (κ2) is 5.13. The third-order valence-corrected chi connectivity index (χ3v) is 4.01. The first kappa shape index (κ1) is 14.7. The summed E-state index contributed by atoms with van der Waals surface area (Å²) in [7, 11) is 0. The van der Waals surface area contributed by atoms with Gasteiger partial charge < -0.3 is 5.11 Å². The van der Waals surface area contributed by atoms with Crippen LogP contribution in [0.3, 0.4) is 0 Å². The van der Waals surface area contributed by atoms with Crippen LogP contribution in [0.1, 0.15) is 57.2 Å². The van der Waals surface area contributed by atoms with E-state index < -0.39 is 0 Å². The molecule has 1 aromatic rings. The molecule has 18 heavy (non-hydrogen) atoms. The fraction of sp³-hybridized carbons (Fsp3) is 0.562. The summed E-state index contributed by atoms with van der Waals surface area (Å²) in [5, 5.41) is 6.89. The van der Waals surface area contributed by atoms with Crippen LogP contribution in [0, 0.1) is 6.92 Å². The maximum absolute atomic E-state index is 8.36. The van der Waals surface area contributed by atoms with Crippen molar-refractivity contribution in [1.82, 2.24) is 0 Å². The maximum Gasteiger partial charge on any atom is 0.290 e. The van der Waals surface area contributed by atoms with Gasteiger partial charge in [0, 0.05) is 0 Å². The van der Waals surface area contributed by atoms with Gasteiger partial charge in [-0.3, -0.25) is 4.79 Å². The predicted octanol–water partition coefficient (Wildman–Crippen LogP) is 4.04. The number of rotatable bonds is 0. The Bertz CT molecular complexity index is 431.